The van der Waals surface area contributed by atoms with E-state index in [-0.39, 0.29) is 16.9 Å². The van der Waals surface area contributed by atoms with E-state index >= 15 is 0 Å². The molecule has 3 aliphatic carbocycles. The summed E-state index contributed by atoms with van der Waals surface area (Å²) >= 11 is 0. The van der Waals surface area contributed by atoms with Crippen LogP contribution in [0.2, 0.25) is 0 Å². The van der Waals surface area contributed by atoms with Crippen LogP contribution in [-0.2, 0) is 18.2 Å². The van der Waals surface area contributed by atoms with Crippen LogP contribution in [0.4, 0.5) is 18.0 Å². The van der Waals surface area contributed by atoms with Crippen molar-refractivity contribution in [3.05, 3.63) is 41.7 Å². The maximum atomic E-state index is 12.9. The molecule has 5 aliphatic rings. The second kappa shape index (κ2) is 7.20. The van der Waals surface area contributed by atoms with Gasteiger partial charge < -0.3 is 14.9 Å². The molecule has 192 valence electrons. The molecule has 0 atom stereocenters. The van der Waals surface area contributed by atoms with E-state index in [9.17, 15) is 23.1 Å². The molecule has 2 saturated heterocycles. The average molecular weight is 503 g/mol. The molecule has 2 aliphatic heterocycles. The van der Waals surface area contributed by atoms with Gasteiger partial charge in [-0.15, -0.1) is 0 Å². The van der Waals surface area contributed by atoms with Gasteiger partial charge in [0.05, 0.1) is 11.6 Å². The smallest absolute Gasteiger partial charge is 0.382 e. The molecule has 0 aromatic carbocycles. The first-order chi connectivity index (χ1) is 17.0. The highest BCUT2D eigenvalue weighted by atomic mass is 19.4. The van der Waals surface area contributed by atoms with Gasteiger partial charge >= 0.3 is 12.2 Å². The molecular weight excluding hydrogens is 473 g/mol. The summed E-state index contributed by atoms with van der Waals surface area (Å²) in [6.07, 6.45) is 4.42. The number of likely N-dealkylation sites (tertiary alicyclic amines) is 2. The van der Waals surface area contributed by atoms with Gasteiger partial charge in [-0.2, -0.15) is 18.3 Å². The molecule has 3 saturated carbocycles. The van der Waals surface area contributed by atoms with Crippen LogP contribution in [-0.4, -0.2) is 66.9 Å². The minimum absolute atomic E-state index is 0.126. The Morgan fingerprint density at radius 3 is 2.19 bits per heavy atom. The average Bonchev–Trinajstić information content (AvgIpc) is 3.27. The van der Waals surface area contributed by atoms with E-state index < -0.39 is 17.3 Å². The van der Waals surface area contributed by atoms with E-state index in [1.807, 2.05) is 14.5 Å². The lowest BCUT2D eigenvalue weighted by Gasteiger charge is -2.63. The third-order valence-corrected chi connectivity index (χ3v) is 9.10. The number of pyridine rings is 1. The van der Waals surface area contributed by atoms with Crippen molar-refractivity contribution in [2.75, 3.05) is 26.2 Å². The quantitative estimate of drug-likeness (QED) is 0.693. The van der Waals surface area contributed by atoms with Crippen molar-refractivity contribution in [2.24, 2.45) is 16.7 Å². The monoisotopic (exact) mass is 502 g/mol. The minimum atomic E-state index is -4.36. The summed E-state index contributed by atoms with van der Waals surface area (Å²) in [6, 6.07) is 3.00. The summed E-state index contributed by atoms with van der Waals surface area (Å²) in [5.41, 5.74) is -0.435. The molecule has 8 nitrogen and oxygen atoms in total. The van der Waals surface area contributed by atoms with Crippen molar-refractivity contribution < 1.29 is 23.1 Å². The second-order valence-electron chi connectivity index (χ2n) is 12.2. The Morgan fingerprint density at radius 1 is 1.00 bits per heavy atom. The highest BCUT2D eigenvalue weighted by Crippen LogP contribution is 2.56. The van der Waals surface area contributed by atoms with Crippen molar-refractivity contribution in [1.82, 2.24) is 29.5 Å². The number of aliphatic hydroxyl groups is 1. The summed E-state index contributed by atoms with van der Waals surface area (Å²) < 4.78 is 40.0. The number of halogens is 3. The van der Waals surface area contributed by atoms with Crippen LogP contribution in [0.1, 0.15) is 61.6 Å². The first-order valence-corrected chi connectivity index (χ1v) is 12.7. The van der Waals surface area contributed by atoms with Gasteiger partial charge in [0, 0.05) is 48.9 Å². The highest BCUT2D eigenvalue weighted by Gasteiger charge is 2.58. The Kier molecular flexibility index (Phi) is 4.50. The van der Waals surface area contributed by atoms with Crippen molar-refractivity contribution in [2.45, 2.75) is 62.8 Å². The molecule has 0 bridgehead atoms. The largest absolute Gasteiger partial charge is 0.417 e. The van der Waals surface area contributed by atoms with Crippen LogP contribution in [0.5, 0.6) is 0 Å². The van der Waals surface area contributed by atoms with Crippen LogP contribution < -0.4 is 0 Å². The maximum Gasteiger partial charge on any atom is 0.417 e. The lowest BCUT2D eigenvalue weighted by Crippen LogP contribution is -2.71. The van der Waals surface area contributed by atoms with Crippen LogP contribution in [0.25, 0.3) is 0 Å². The van der Waals surface area contributed by atoms with Gasteiger partial charge in [0.25, 0.3) is 0 Å². The molecule has 7 rings (SSSR count). The lowest BCUT2D eigenvalue weighted by atomic mass is 9.56. The molecule has 36 heavy (non-hydrogen) atoms. The first-order valence-electron chi connectivity index (χ1n) is 12.7. The Balaban J connectivity index is 0.840. The van der Waals surface area contributed by atoms with Crippen molar-refractivity contribution in [3.8, 4) is 0 Å². The number of alkyl halides is 3. The van der Waals surface area contributed by atoms with E-state index in [2.05, 4.69) is 15.1 Å². The second-order valence-corrected chi connectivity index (χ2v) is 12.2. The Labute approximate surface area is 206 Å². The zero-order valence-electron chi connectivity index (χ0n) is 19.9. The standard InChI is InChI=1S/C25H29F3N6O2/c26-25(27,28)17-1-2-18(29-10-17)5-16-6-22(7-16)11-32(12-22)21(35)33-13-23(14-33)8-19(9-23)34-15-30-20(31-34)24(36)3-4-24/h1-2,10,15-16,19,36H,3-9,11-14H2. The summed E-state index contributed by atoms with van der Waals surface area (Å²) in [6.45, 7) is 3.14. The summed E-state index contributed by atoms with van der Waals surface area (Å²) in [5, 5.41) is 14.7. The number of aromatic nitrogens is 4. The molecule has 5 fully saturated rings. The SMILES string of the molecule is O=C(N1CC2(CC(Cc3ccc(C(F)(F)F)cn3)C2)C1)N1CC2(CC(n3cnc(C4(O)CC4)n3)C2)C1. The van der Waals surface area contributed by atoms with Gasteiger partial charge in [0.2, 0.25) is 0 Å². The number of nitrogens with zero attached hydrogens (tertiary/aromatic N) is 6. The number of amides is 2. The Morgan fingerprint density at radius 2 is 1.64 bits per heavy atom. The van der Waals surface area contributed by atoms with Crippen LogP contribution in [0, 0.1) is 16.7 Å². The number of carbonyl (C=O) groups is 1. The zero-order chi connectivity index (χ0) is 24.9. The number of hydrogen-bond donors (Lipinski definition) is 1. The topological polar surface area (TPSA) is 87.4 Å². The molecule has 2 amide bonds. The summed E-state index contributed by atoms with van der Waals surface area (Å²) in [7, 11) is 0. The molecule has 0 unspecified atom stereocenters. The molecule has 1 N–H and O–H groups in total. The highest BCUT2D eigenvalue weighted by molar-refractivity contribution is 5.77. The fourth-order valence-electron chi connectivity index (χ4n) is 6.96. The van der Waals surface area contributed by atoms with E-state index in [4.69, 9.17) is 0 Å². The molecule has 4 heterocycles. The van der Waals surface area contributed by atoms with Crippen LogP contribution in [0.15, 0.2) is 24.7 Å². The van der Waals surface area contributed by atoms with Crippen LogP contribution in [0.3, 0.4) is 0 Å². The lowest BCUT2D eigenvalue weighted by molar-refractivity contribution is -0.137. The number of carbonyl (C=O) groups excluding carboxylic acids is 1. The Bertz CT molecular complexity index is 1180. The molecule has 2 aromatic rings. The summed E-state index contributed by atoms with van der Waals surface area (Å²) in [4.78, 5) is 25.1. The van der Waals surface area contributed by atoms with E-state index in [0.717, 1.165) is 77.0 Å². The number of hydrogen-bond acceptors (Lipinski definition) is 5. The molecule has 0 radical (unpaired) electrons. The van der Waals surface area contributed by atoms with Gasteiger partial charge in [0.15, 0.2) is 5.82 Å². The normalized spacial score (nSPS) is 25.8. The predicted octanol–water partition coefficient (Wildman–Crippen LogP) is 3.38. The van der Waals surface area contributed by atoms with E-state index in [1.54, 1.807) is 6.33 Å². The van der Waals surface area contributed by atoms with Crippen molar-refractivity contribution in [1.29, 1.82) is 0 Å². The third-order valence-electron chi connectivity index (χ3n) is 9.10. The van der Waals surface area contributed by atoms with Gasteiger partial charge in [0.1, 0.15) is 11.9 Å². The van der Waals surface area contributed by atoms with Gasteiger partial charge in [-0.3, -0.25) is 4.98 Å². The van der Waals surface area contributed by atoms with Gasteiger partial charge in [-0.1, -0.05) is 0 Å². The maximum absolute atomic E-state index is 12.9. The molecule has 2 spiro atoms. The zero-order valence-corrected chi connectivity index (χ0v) is 19.9. The summed E-state index contributed by atoms with van der Waals surface area (Å²) in [5.74, 6) is 0.957. The van der Waals surface area contributed by atoms with E-state index in [1.165, 1.54) is 6.07 Å². The van der Waals surface area contributed by atoms with Crippen LogP contribution >= 0.6 is 0 Å². The minimum Gasteiger partial charge on any atom is -0.382 e. The van der Waals surface area contributed by atoms with Gasteiger partial charge in [-0.25, -0.2) is 14.5 Å². The van der Waals surface area contributed by atoms with E-state index in [0.29, 0.717) is 29.9 Å². The molecule has 11 heteroatoms. The molecule has 2 aromatic heterocycles. The fraction of sp³-hybridized carbons (Fsp3) is 0.680. The van der Waals surface area contributed by atoms with Crippen molar-refractivity contribution >= 4 is 6.03 Å². The number of rotatable bonds is 4. The predicted molar refractivity (Wildman–Crippen MR) is 120 cm³/mol. The number of urea groups is 1. The van der Waals surface area contributed by atoms with Gasteiger partial charge in [-0.05, 0) is 63.0 Å². The fourth-order valence-corrected chi connectivity index (χ4v) is 6.96. The third kappa shape index (κ3) is 3.61. The Hall–Kier alpha value is -2.69. The molecular formula is C25H29F3N6O2. The van der Waals surface area contributed by atoms with Crippen molar-refractivity contribution in [3.63, 3.8) is 0 Å². The first kappa shape index (κ1) is 22.5.